The Hall–Kier alpha value is -3.88. The number of benzene rings is 3. The zero-order chi connectivity index (χ0) is 23.1. The minimum absolute atomic E-state index is 0.231. The number of rotatable bonds is 5. The monoisotopic (exact) mass is 488 g/mol. The van der Waals surface area contributed by atoms with Gasteiger partial charge in [0.15, 0.2) is 11.5 Å². The maximum absolute atomic E-state index is 6.10. The van der Waals surface area contributed by atoms with Crippen LogP contribution >= 0.6 is 22.9 Å². The van der Waals surface area contributed by atoms with E-state index in [1.807, 2.05) is 71.2 Å². The number of aromatic nitrogens is 3. The summed E-state index contributed by atoms with van der Waals surface area (Å²) in [5.74, 6) is 2.19. The first-order valence-corrected chi connectivity index (χ1v) is 11.6. The Morgan fingerprint density at radius 3 is 2.71 bits per heavy atom. The molecule has 3 heterocycles. The van der Waals surface area contributed by atoms with Crippen molar-refractivity contribution in [2.75, 3.05) is 13.9 Å². The van der Waals surface area contributed by atoms with Crippen molar-refractivity contribution >= 4 is 39.8 Å². The molecule has 0 aliphatic carbocycles. The maximum Gasteiger partial charge on any atom is 0.231 e. The number of ether oxygens (including phenoxy) is 3. The molecule has 0 saturated heterocycles. The number of halogens is 1. The van der Waals surface area contributed by atoms with Gasteiger partial charge >= 0.3 is 0 Å². The molecule has 0 spiro atoms. The van der Waals surface area contributed by atoms with E-state index < -0.39 is 0 Å². The van der Waals surface area contributed by atoms with Crippen molar-refractivity contribution < 1.29 is 14.2 Å². The normalized spacial score (nSPS) is 12.6. The topological polar surface area (TPSA) is 70.2 Å². The van der Waals surface area contributed by atoms with Crippen LogP contribution in [0.1, 0.15) is 5.69 Å². The number of aliphatic imine (C=N–C) groups is 1. The minimum atomic E-state index is 0.231. The molecule has 0 unspecified atom stereocenters. The van der Waals surface area contributed by atoms with Gasteiger partial charge in [0.25, 0.3) is 0 Å². The Bertz CT molecular complexity index is 1540. The second kappa shape index (κ2) is 8.48. The maximum atomic E-state index is 6.10. The van der Waals surface area contributed by atoms with E-state index in [0.717, 1.165) is 49.7 Å². The molecule has 0 radical (unpaired) electrons. The molecule has 0 saturated carbocycles. The van der Waals surface area contributed by atoms with Gasteiger partial charge in [-0.2, -0.15) is 5.10 Å². The van der Waals surface area contributed by atoms with Crippen molar-refractivity contribution in [3.05, 3.63) is 77.4 Å². The van der Waals surface area contributed by atoms with Crippen LogP contribution in [0.5, 0.6) is 17.2 Å². The molecule has 6 rings (SSSR count). The second-order valence-corrected chi connectivity index (χ2v) is 8.87. The predicted molar refractivity (Wildman–Crippen MR) is 133 cm³/mol. The summed E-state index contributed by atoms with van der Waals surface area (Å²) in [4.78, 5) is 10.3. The lowest BCUT2D eigenvalue weighted by Gasteiger charge is -2.02. The molecule has 7 nitrogen and oxygen atoms in total. The van der Waals surface area contributed by atoms with Gasteiger partial charge in [0, 0.05) is 22.2 Å². The van der Waals surface area contributed by atoms with Crippen LogP contribution in [0.4, 0.5) is 5.69 Å². The first-order chi connectivity index (χ1) is 16.7. The molecule has 0 fully saturated rings. The highest BCUT2D eigenvalue weighted by molar-refractivity contribution is 7.19. The summed E-state index contributed by atoms with van der Waals surface area (Å²) >= 11 is 7.59. The average Bonchev–Trinajstić information content (AvgIpc) is 3.58. The molecule has 0 amide bonds. The van der Waals surface area contributed by atoms with Crippen molar-refractivity contribution in [2.45, 2.75) is 0 Å². The molecule has 168 valence electrons. The van der Waals surface area contributed by atoms with Gasteiger partial charge in [0.05, 0.1) is 19.0 Å². The van der Waals surface area contributed by atoms with Gasteiger partial charge in [-0.15, -0.1) is 0 Å². The summed E-state index contributed by atoms with van der Waals surface area (Å²) in [6, 6.07) is 20.9. The third-order valence-corrected chi connectivity index (χ3v) is 6.57. The average molecular weight is 489 g/mol. The van der Waals surface area contributed by atoms with E-state index in [-0.39, 0.29) is 6.79 Å². The highest BCUT2D eigenvalue weighted by Crippen LogP contribution is 2.38. The summed E-state index contributed by atoms with van der Waals surface area (Å²) in [5.41, 5.74) is 4.17. The number of nitrogens with zero attached hydrogens (tertiary/aromatic N) is 4. The van der Waals surface area contributed by atoms with Crippen molar-refractivity contribution in [1.82, 2.24) is 14.6 Å². The number of imidazole rings is 1. The molecule has 9 heteroatoms. The highest BCUT2D eigenvalue weighted by atomic mass is 35.5. The fourth-order valence-corrected chi connectivity index (χ4v) is 4.70. The van der Waals surface area contributed by atoms with Crippen LogP contribution in [0.15, 0.2) is 71.7 Å². The zero-order valence-electron chi connectivity index (χ0n) is 17.9. The number of hydrogen-bond acceptors (Lipinski definition) is 7. The van der Waals surface area contributed by atoms with Crippen LogP contribution in [0.2, 0.25) is 5.02 Å². The van der Waals surface area contributed by atoms with Gasteiger partial charge in [-0.05, 0) is 42.5 Å². The van der Waals surface area contributed by atoms with E-state index in [9.17, 15) is 0 Å². The van der Waals surface area contributed by atoms with Gasteiger partial charge < -0.3 is 14.2 Å². The summed E-state index contributed by atoms with van der Waals surface area (Å²) in [7, 11) is 1.63. The van der Waals surface area contributed by atoms with Crippen LogP contribution < -0.4 is 14.2 Å². The zero-order valence-corrected chi connectivity index (χ0v) is 19.5. The second-order valence-electron chi connectivity index (χ2n) is 7.48. The van der Waals surface area contributed by atoms with E-state index in [1.165, 1.54) is 11.3 Å². The van der Waals surface area contributed by atoms with E-state index in [2.05, 4.69) is 4.99 Å². The third kappa shape index (κ3) is 3.76. The fourth-order valence-electron chi connectivity index (χ4n) is 3.67. The van der Waals surface area contributed by atoms with E-state index in [1.54, 1.807) is 13.3 Å². The van der Waals surface area contributed by atoms with Crippen LogP contribution in [0.3, 0.4) is 0 Å². The lowest BCUT2D eigenvalue weighted by molar-refractivity contribution is 0.174. The van der Waals surface area contributed by atoms with E-state index in [4.69, 9.17) is 35.9 Å². The van der Waals surface area contributed by atoms with Gasteiger partial charge in [0.2, 0.25) is 11.8 Å². The molecule has 0 N–H and O–H groups in total. The summed E-state index contributed by atoms with van der Waals surface area (Å²) in [5, 5.41) is 6.34. The van der Waals surface area contributed by atoms with E-state index >= 15 is 0 Å². The Balaban J connectivity index is 1.46. The lowest BCUT2D eigenvalue weighted by Crippen LogP contribution is -1.95. The van der Waals surface area contributed by atoms with Crippen LogP contribution in [-0.4, -0.2) is 34.7 Å². The molecule has 1 aliphatic heterocycles. The highest BCUT2D eigenvalue weighted by Gasteiger charge is 2.20. The van der Waals surface area contributed by atoms with E-state index in [0.29, 0.717) is 10.8 Å². The van der Waals surface area contributed by atoms with Crippen molar-refractivity contribution in [3.63, 3.8) is 0 Å². The lowest BCUT2D eigenvalue weighted by atomic mass is 10.1. The van der Waals surface area contributed by atoms with Crippen molar-refractivity contribution in [2.24, 2.45) is 4.99 Å². The number of fused-ring (bicyclic) bond motifs is 2. The first kappa shape index (κ1) is 20.7. The molecule has 2 aromatic heterocycles. The van der Waals surface area contributed by atoms with Gasteiger partial charge in [-0.3, -0.25) is 4.99 Å². The van der Waals surface area contributed by atoms with Crippen LogP contribution in [0, 0.1) is 0 Å². The minimum Gasteiger partial charge on any atom is -0.497 e. The Morgan fingerprint density at radius 2 is 1.85 bits per heavy atom. The molecule has 3 aromatic carbocycles. The standard InChI is InChI=1S/C25H17ClN4O3S/c1-31-19-4-2-3-18(12-19)27-13-20-23(15-5-8-17(26)9-6-15)28-25-30(20)29-24(34-25)16-7-10-21-22(11-16)33-14-32-21/h2-13H,14H2,1H3. The molecule has 34 heavy (non-hydrogen) atoms. The number of hydrogen-bond donors (Lipinski definition) is 0. The summed E-state index contributed by atoms with van der Waals surface area (Å²) in [6.07, 6.45) is 1.78. The molecule has 1 aliphatic rings. The van der Waals surface area contributed by atoms with Gasteiger partial charge in [0.1, 0.15) is 22.1 Å². The van der Waals surface area contributed by atoms with Gasteiger partial charge in [-0.1, -0.05) is 41.1 Å². The van der Waals surface area contributed by atoms with Crippen molar-refractivity contribution in [1.29, 1.82) is 0 Å². The fraction of sp³-hybridized carbons (Fsp3) is 0.0800. The molecule has 0 bridgehead atoms. The van der Waals surface area contributed by atoms with Gasteiger partial charge in [-0.25, -0.2) is 9.50 Å². The summed E-state index contributed by atoms with van der Waals surface area (Å²) in [6.45, 7) is 0.231. The predicted octanol–water partition coefficient (Wildman–Crippen LogP) is 6.27. The molecular formula is C25H17ClN4O3S. The number of methoxy groups -OCH3 is 1. The largest absolute Gasteiger partial charge is 0.497 e. The van der Waals surface area contributed by atoms with Crippen LogP contribution in [0.25, 0.3) is 26.8 Å². The Labute approximate surface area is 203 Å². The molecule has 0 atom stereocenters. The Kier molecular flexibility index (Phi) is 5.16. The summed E-state index contributed by atoms with van der Waals surface area (Å²) < 4.78 is 18.1. The SMILES string of the molecule is COc1cccc(N=Cc2c(-c3ccc(Cl)cc3)nc3sc(-c4ccc5c(c4)OCO5)nn23)c1. The smallest absolute Gasteiger partial charge is 0.231 e. The van der Waals surface area contributed by atoms with Crippen LogP contribution in [-0.2, 0) is 0 Å². The molecule has 5 aromatic rings. The van der Waals surface area contributed by atoms with Crippen molar-refractivity contribution in [3.8, 4) is 39.1 Å². The quantitative estimate of drug-likeness (QED) is 0.273. The Morgan fingerprint density at radius 1 is 1.03 bits per heavy atom. The molecular weight excluding hydrogens is 472 g/mol. The third-order valence-electron chi connectivity index (χ3n) is 5.36. The first-order valence-electron chi connectivity index (χ1n) is 10.4.